The summed E-state index contributed by atoms with van der Waals surface area (Å²) in [6, 6.07) is 3.81. The summed E-state index contributed by atoms with van der Waals surface area (Å²) in [7, 11) is 0. The third-order valence-electron chi connectivity index (χ3n) is 4.44. The van der Waals surface area contributed by atoms with Crippen molar-refractivity contribution in [3.63, 3.8) is 0 Å². The number of nitrogens with zero attached hydrogens (tertiary/aromatic N) is 3. The molecule has 5 nitrogen and oxygen atoms in total. The van der Waals surface area contributed by atoms with Crippen LogP contribution in [-0.2, 0) is 0 Å². The van der Waals surface area contributed by atoms with Crippen LogP contribution in [0.25, 0.3) is 0 Å². The number of carbonyl (C=O) groups is 1. The second-order valence-corrected chi connectivity index (χ2v) is 6.59. The molecule has 1 N–H and O–H groups in total. The van der Waals surface area contributed by atoms with Gasteiger partial charge in [-0.15, -0.1) is 0 Å². The molecule has 0 unspecified atom stereocenters. The molecule has 120 valence electrons. The summed E-state index contributed by atoms with van der Waals surface area (Å²) in [5.74, 6) is -0.0174. The van der Waals surface area contributed by atoms with Gasteiger partial charge in [-0.25, -0.2) is 4.98 Å². The number of piperazine rings is 1. The van der Waals surface area contributed by atoms with Crippen LogP contribution < -0.4 is 5.32 Å². The molecule has 1 amide bonds. The van der Waals surface area contributed by atoms with Crippen LogP contribution in [0.3, 0.4) is 0 Å². The van der Waals surface area contributed by atoms with Crippen LogP contribution >= 0.6 is 23.2 Å². The monoisotopic (exact) mass is 342 g/mol. The van der Waals surface area contributed by atoms with Crippen LogP contribution in [0.4, 0.5) is 0 Å². The van der Waals surface area contributed by atoms with Crippen molar-refractivity contribution in [1.29, 1.82) is 0 Å². The minimum atomic E-state index is -0.0174. The van der Waals surface area contributed by atoms with Gasteiger partial charge < -0.3 is 10.2 Å². The van der Waals surface area contributed by atoms with Gasteiger partial charge in [0.1, 0.15) is 10.3 Å². The van der Waals surface area contributed by atoms with Crippen LogP contribution in [0.2, 0.25) is 10.3 Å². The van der Waals surface area contributed by atoms with Crippen LogP contribution in [0.15, 0.2) is 12.1 Å². The number of nitrogens with one attached hydrogen (secondary N) is 1. The zero-order chi connectivity index (χ0) is 15.5. The van der Waals surface area contributed by atoms with E-state index in [9.17, 15) is 4.79 Å². The molecule has 0 spiro atoms. The predicted molar refractivity (Wildman–Crippen MR) is 87.6 cm³/mol. The molecule has 2 aliphatic heterocycles. The highest BCUT2D eigenvalue weighted by Crippen LogP contribution is 2.19. The quantitative estimate of drug-likeness (QED) is 0.834. The van der Waals surface area contributed by atoms with Crippen molar-refractivity contribution >= 4 is 29.1 Å². The number of piperidine rings is 1. The maximum atomic E-state index is 12.5. The molecule has 2 saturated heterocycles. The SMILES string of the molecule is O=C(c1cc(Cl)nc(Cl)c1)N1CCN(C2CCNCC2)CC1. The highest BCUT2D eigenvalue weighted by atomic mass is 35.5. The van der Waals surface area contributed by atoms with Crippen LogP contribution in [0.5, 0.6) is 0 Å². The van der Waals surface area contributed by atoms with Gasteiger partial charge in [0.2, 0.25) is 0 Å². The second kappa shape index (κ2) is 7.13. The number of carbonyl (C=O) groups excluding carboxylic acids is 1. The normalized spacial score (nSPS) is 21.1. The van der Waals surface area contributed by atoms with Crippen LogP contribution in [-0.4, -0.2) is 66.0 Å². The molecule has 3 heterocycles. The van der Waals surface area contributed by atoms with E-state index in [1.165, 1.54) is 12.8 Å². The van der Waals surface area contributed by atoms with E-state index in [1.54, 1.807) is 12.1 Å². The van der Waals surface area contributed by atoms with Crippen molar-refractivity contribution in [2.24, 2.45) is 0 Å². The van der Waals surface area contributed by atoms with Crippen molar-refractivity contribution < 1.29 is 4.79 Å². The predicted octanol–water partition coefficient (Wildman–Crippen LogP) is 1.90. The second-order valence-electron chi connectivity index (χ2n) is 5.81. The van der Waals surface area contributed by atoms with Crippen molar-refractivity contribution in [3.8, 4) is 0 Å². The Balaban J connectivity index is 1.59. The molecule has 22 heavy (non-hydrogen) atoms. The fourth-order valence-electron chi connectivity index (χ4n) is 3.23. The Bertz CT molecular complexity index is 520. The summed E-state index contributed by atoms with van der Waals surface area (Å²) in [6.45, 7) is 5.56. The summed E-state index contributed by atoms with van der Waals surface area (Å²) >= 11 is 11.8. The number of halogens is 2. The van der Waals surface area contributed by atoms with Gasteiger partial charge >= 0.3 is 0 Å². The highest BCUT2D eigenvalue weighted by Gasteiger charge is 2.27. The Morgan fingerprint density at radius 2 is 1.68 bits per heavy atom. The van der Waals surface area contributed by atoms with E-state index in [-0.39, 0.29) is 16.2 Å². The first-order chi connectivity index (χ1) is 10.6. The van der Waals surface area contributed by atoms with Gasteiger partial charge in [0.25, 0.3) is 5.91 Å². The molecule has 1 aromatic rings. The number of pyridine rings is 1. The molecule has 0 radical (unpaired) electrons. The van der Waals surface area contributed by atoms with Gasteiger partial charge in [-0.2, -0.15) is 0 Å². The van der Waals surface area contributed by atoms with Crippen LogP contribution in [0.1, 0.15) is 23.2 Å². The lowest BCUT2D eigenvalue weighted by atomic mass is 10.0. The van der Waals surface area contributed by atoms with E-state index in [0.717, 1.165) is 39.3 Å². The van der Waals surface area contributed by atoms with E-state index < -0.39 is 0 Å². The minimum absolute atomic E-state index is 0.0174. The standard InChI is InChI=1S/C15H20Cl2N4O/c16-13-9-11(10-14(17)19-13)15(22)21-7-5-20(6-8-21)12-1-3-18-4-2-12/h9-10,12,18H,1-8H2. The van der Waals surface area contributed by atoms with Crippen LogP contribution in [0, 0.1) is 0 Å². The third kappa shape index (κ3) is 3.71. The van der Waals surface area contributed by atoms with Crippen molar-refractivity contribution in [2.75, 3.05) is 39.3 Å². The largest absolute Gasteiger partial charge is 0.336 e. The molecule has 0 bridgehead atoms. The topological polar surface area (TPSA) is 48.5 Å². The number of hydrogen-bond donors (Lipinski definition) is 1. The maximum absolute atomic E-state index is 12.5. The molecule has 0 atom stereocenters. The summed E-state index contributed by atoms with van der Waals surface area (Å²) in [4.78, 5) is 20.8. The molecule has 0 aliphatic carbocycles. The van der Waals surface area contributed by atoms with Gasteiger partial charge in [0.05, 0.1) is 0 Å². The third-order valence-corrected chi connectivity index (χ3v) is 4.82. The Morgan fingerprint density at radius 1 is 1.09 bits per heavy atom. The summed E-state index contributed by atoms with van der Waals surface area (Å²) < 4.78 is 0. The molecule has 0 aromatic carbocycles. The lowest BCUT2D eigenvalue weighted by molar-refractivity contribution is 0.0532. The molecule has 2 aliphatic rings. The van der Waals surface area contributed by atoms with Gasteiger partial charge in [0, 0.05) is 37.8 Å². The Kier molecular flexibility index (Phi) is 5.18. The number of amides is 1. The summed E-state index contributed by atoms with van der Waals surface area (Å²) in [5.41, 5.74) is 0.514. The van der Waals surface area contributed by atoms with Crippen molar-refractivity contribution in [1.82, 2.24) is 20.1 Å². The van der Waals surface area contributed by atoms with Gasteiger partial charge in [-0.3, -0.25) is 9.69 Å². The first kappa shape index (κ1) is 16.0. The Morgan fingerprint density at radius 3 is 2.27 bits per heavy atom. The average molecular weight is 343 g/mol. The molecule has 1 aromatic heterocycles. The summed E-state index contributed by atoms with van der Waals surface area (Å²) in [6.07, 6.45) is 2.40. The van der Waals surface area contributed by atoms with E-state index in [0.29, 0.717) is 11.6 Å². The van der Waals surface area contributed by atoms with Crippen molar-refractivity contribution in [3.05, 3.63) is 28.0 Å². The van der Waals surface area contributed by atoms with Gasteiger partial charge in [-0.05, 0) is 38.1 Å². The molecule has 2 fully saturated rings. The minimum Gasteiger partial charge on any atom is -0.336 e. The van der Waals surface area contributed by atoms with Gasteiger partial charge in [-0.1, -0.05) is 23.2 Å². The maximum Gasteiger partial charge on any atom is 0.254 e. The molecular formula is C15H20Cl2N4O. The first-order valence-electron chi connectivity index (χ1n) is 7.70. The fraction of sp³-hybridized carbons (Fsp3) is 0.600. The van der Waals surface area contributed by atoms with Crippen molar-refractivity contribution in [2.45, 2.75) is 18.9 Å². The number of aromatic nitrogens is 1. The Labute approximate surface area is 140 Å². The number of rotatable bonds is 2. The van der Waals surface area contributed by atoms with E-state index in [2.05, 4.69) is 15.2 Å². The lowest BCUT2D eigenvalue weighted by Crippen LogP contribution is -2.53. The lowest BCUT2D eigenvalue weighted by Gasteiger charge is -2.40. The Hall–Kier alpha value is -0.880. The molecule has 7 heteroatoms. The molecule has 0 saturated carbocycles. The number of hydrogen-bond acceptors (Lipinski definition) is 4. The molecular weight excluding hydrogens is 323 g/mol. The average Bonchev–Trinajstić information content (AvgIpc) is 2.54. The van der Waals surface area contributed by atoms with E-state index >= 15 is 0 Å². The summed E-state index contributed by atoms with van der Waals surface area (Å²) in [5, 5.41) is 3.90. The highest BCUT2D eigenvalue weighted by molar-refractivity contribution is 6.33. The first-order valence-corrected chi connectivity index (χ1v) is 8.46. The molecule has 3 rings (SSSR count). The zero-order valence-corrected chi connectivity index (χ0v) is 13.9. The fourth-order valence-corrected chi connectivity index (χ4v) is 3.69. The van der Waals surface area contributed by atoms with E-state index in [4.69, 9.17) is 23.2 Å². The van der Waals surface area contributed by atoms with Gasteiger partial charge in [0.15, 0.2) is 0 Å². The smallest absolute Gasteiger partial charge is 0.254 e. The van der Waals surface area contributed by atoms with E-state index in [1.807, 2.05) is 4.90 Å². The zero-order valence-electron chi connectivity index (χ0n) is 12.4.